The highest BCUT2D eigenvalue weighted by atomic mass is 19.2. The highest BCUT2D eigenvalue weighted by Crippen LogP contribution is 2.34. The Morgan fingerprint density at radius 3 is 2.72 bits per heavy atom. The first-order valence-corrected chi connectivity index (χ1v) is 5.98. The van der Waals surface area contributed by atoms with Crippen molar-refractivity contribution in [1.82, 2.24) is 5.32 Å². The molecule has 1 N–H and O–H groups in total. The van der Waals surface area contributed by atoms with Crippen molar-refractivity contribution in [2.75, 3.05) is 6.54 Å². The van der Waals surface area contributed by atoms with Crippen molar-refractivity contribution < 1.29 is 17.6 Å². The van der Waals surface area contributed by atoms with Gasteiger partial charge in [-0.3, -0.25) is 0 Å². The minimum absolute atomic E-state index is 0.0237. The quantitative estimate of drug-likeness (QED) is 0.841. The zero-order valence-corrected chi connectivity index (χ0v) is 9.60. The molecule has 0 amide bonds. The molecule has 0 radical (unpaired) electrons. The zero-order valence-electron chi connectivity index (χ0n) is 9.60. The van der Waals surface area contributed by atoms with E-state index in [0.717, 1.165) is 31.9 Å². The van der Waals surface area contributed by atoms with Crippen LogP contribution in [0.25, 0.3) is 11.0 Å². The lowest BCUT2D eigenvalue weighted by atomic mass is 9.96. The van der Waals surface area contributed by atoms with Gasteiger partial charge in [0.2, 0.25) is 5.82 Å². The molecule has 0 bridgehead atoms. The van der Waals surface area contributed by atoms with Crippen LogP contribution in [0.1, 0.15) is 30.9 Å². The Balaban J connectivity index is 2.17. The summed E-state index contributed by atoms with van der Waals surface area (Å²) in [5.41, 5.74) is 0.596. The first-order chi connectivity index (χ1) is 8.68. The fourth-order valence-corrected chi connectivity index (χ4v) is 2.51. The summed E-state index contributed by atoms with van der Waals surface area (Å²) < 4.78 is 44.8. The number of furan rings is 1. The number of halogens is 3. The van der Waals surface area contributed by atoms with Crippen LogP contribution in [0.4, 0.5) is 13.2 Å². The predicted octanol–water partition coefficient (Wildman–Crippen LogP) is 3.66. The Labute approximate surface area is 102 Å². The molecular formula is C13H12F3NO. The largest absolute Gasteiger partial charge is 0.428 e. The molecule has 18 heavy (non-hydrogen) atoms. The molecule has 2 heterocycles. The predicted molar refractivity (Wildman–Crippen MR) is 60.7 cm³/mol. The van der Waals surface area contributed by atoms with Crippen LogP contribution in [-0.2, 0) is 0 Å². The van der Waals surface area contributed by atoms with Gasteiger partial charge in [-0.25, -0.2) is 4.39 Å². The maximum absolute atomic E-state index is 13.5. The standard InChI is InChI=1S/C13H12F3NO/c14-8-5-4-7(9-3-1-2-6-17-9)12-10(8)11(15)13(16)18-12/h4-5,9,17H,1-3,6H2. The van der Waals surface area contributed by atoms with Crippen molar-refractivity contribution in [3.8, 4) is 0 Å². The van der Waals surface area contributed by atoms with Gasteiger partial charge >= 0.3 is 6.01 Å². The van der Waals surface area contributed by atoms with E-state index in [1.165, 1.54) is 6.07 Å². The van der Waals surface area contributed by atoms with Crippen LogP contribution in [-0.4, -0.2) is 6.54 Å². The molecule has 1 unspecified atom stereocenters. The van der Waals surface area contributed by atoms with E-state index in [2.05, 4.69) is 5.32 Å². The van der Waals surface area contributed by atoms with Crippen molar-refractivity contribution in [3.63, 3.8) is 0 Å². The van der Waals surface area contributed by atoms with E-state index in [0.29, 0.717) is 5.56 Å². The van der Waals surface area contributed by atoms with E-state index in [4.69, 9.17) is 4.42 Å². The van der Waals surface area contributed by atoms with Crippen LogP contribution in [0.15, 0.2) is 16.5 Å². The molecule has 2 aromatic rings. The smallest absolute Gasteiger partial charge is 0.315 e. The number of piperidine rings is 1. The van der Waals surface area contributed by atoms with Crippen molar-refractivity contribution >= 4 is 11.0 Å². The van der Waals surface area contributed by atoms with Gasteiger partial charge in [-0.2, -0.15) is 8.78 Å². The van der Waals surface area contributed by atoms with E-state index in [1.807, 2.05) is 0 Å². The van der Waals surface area contributed by atoms with Crippen molar-refractivity contribution in [2.24, 2.45) is 0 Å². The molecule has 2 nitrogen and oxygen atoms in total. The Bertz CT molecular complexity index is 587. The average Bonchev–Trinajstić information content (AvgIpc) is 2.68. The van der Waals surface area contributed by atoms with Crippen LogP contribution < -0.4 is 5.32 Å². The minimum atomic E-state index is -1.35. The summed E-state index contributed by atoms with van der Waals surface area (Å²) in [6, 6.07) is 1.30. The van der Waals surface area contributed by atoms with E-state index in [9.17, 15) is 13.2 Å². The van der Waals surface area contributed by atoms with Gasteiger partial charge < -0.3 is 9.73 Å². The number of nitrogens with one attached hydrogen (secondary N) is 1. The third kappa shape index (κ3) is 1.70. The molecule has 5 heteroatoms. The van der Waals surface area contributed by atoms with Crippen LogP contribution in [0.3, 0.4) is 0 Å². The zero-order chi connectivity index (χ0) is 12.7. The summed E-state index contributed by atoms with van der Waals surface area (Å²) in [5, 5.41) is 2.86. The van der Waals surface area contributed by atoms with Gasteiger partial charge in [0.15, 0.2) is 0 Å². The van der Waals surface area contributed by atoms with Crippen LogP contribution >= 0.6 is 0 Å². The lowest BCUT2D eigenvalue weighted by Crippen LogP contribution is -2.26. The Morgan fingerprint density at radius 1 is 1.17 bits per heavy atom. The Morgan fingerprint density at radius 2 is 2.00 bits per heavy atom. The molecule has 0 aliphatic carbocycles. The number of fused-ring (bicyclic) bond motifs is 1. The fraction of sp³-hybridized carbons (Fsp3) is 0.385. The van der Waals surface area contributed by atoms with Crippen LogP contribution in [0.2, 0.25) is 0 Å². The van der Waals surface area contributed by atoms with Crippen LogP contribution in [0.5, 0.6) is 0 Å². The molecule has 96 valence electrons. The fourth-order valence-electron chi connectivity index (χ4n) is 2.51. The highest BCUT2D eigenvalue weighted by Gasteiger charge is 2.25. The molecule has 1 fully saturated rings. The van der Waals surface area contributed by atoms with Crippen molar-refractivity contribution in [2.45, 2.75) is 25.3 Å². The average molecular weight is 255 g/mol. The number of hydrogen-bond acceptors (Lipinski definition) is 2. The SMILES string of the molecule is Fc1oc2c(C3CCCCN3)ccc(F)c2c1F. The Kier molecular flexibility index (Phi) is 2.78. The summed E-state index contributed by atoms with van der Waals surface area (Å²) in [6.07, 6.45) is 2.95. The molecule has 1 saturated heterocycles. The third-order valence-electron chi connectivity index (χ3n) is 3.41. The van der Waals surface area contributed by atoms with E-state index in [-0.39, 0.29) is 11.6 Å². The maximum Gasteiger partial charge on any atom is 0.315 e. The summed E-state index contributed by atoms with van der Waals surface area (Å²) in [6.45, 7) is 0.842. The normalized spacial score (nSPS) is 20.5. The van der Waals surface area contributed by atoms with E-state index in [1.54, 1.807) is 0 Å². The Hall–Kier alpha value is -1.49. The van der Waals surface area contributed by atoms with E-state index >= 15 is 0 Å². The molecule has 0 saturated carbocycles. The van der Waals surface area contributed by atoms with E-state index < -0.39 is 23.0 Å². The van der Waals surface area contributed by atoms with Crippen molar-refractivity contribution in [1.29, 1.82) is 0 Å². The third-order valence-corrected chi connectivity index (χ3v) is 3.41. The molecular weight excluding hydrogens is 243 g/mol. The van der Waals surface area contributed by atoms with Crippen molar-refractivity contribution in [3.05, 3.63) is 35.3 Å². The summed E-state index contributed by atoms with van der Waals surface area (Å²) in [4.78, 5) is 0. The molecule has 1 aromatic carbocycles. The van der Waals surface area contributed by atoms with Gasteiger partial charge in [-0.15, -0.1) is 0 Å². The molecule has 1 aliphatic rings. The second kappa shape index (κ2) is 4.31. The number of rotatable bonds is 1. The number of hydrogen-bond donors (Lipinski definition) is 1. The lowest BCUT2D eigenvalue weighted by Gasteiger charge is -2.23. The maximum atomic E-state index is 13.5. The van der Waals surface area contributed by atoms with Gasteiger partial charge in [0.25, 0.3) is 0 Å². The highest BCUT2D eigenvalue weighted by molar-refractivity contribution is 5.82. The summed E-state index contributed by atoms with van der Waals surface area (Å²) in [5.74, 6) is -2.05. The molecule has 1 aromatic heterocycles. The van der Waals surface area contributed by atoms with Gasteiger partial charge in [0.05, 0.1) is 5.39 Å². The topological polar surface area (TPSA) is 25.2 Å². The first kappa shape index (κ1) is 11.6. The summed E-state index contributed by atoms with van der Waals surface area (Å²) in [7, 11) is 0. The van der Waals surface area contributed by atoms with Gasteiger partial charge in [-0.05, 0) is 25.5 Å². The van der Waals surface area contributed by atoms with Gasteiger partial charge in [0.1, 0.15) is 11.4 Å². The minimum Gasteiger partial charge on any atom is -0.428 e. The number of benzene rings is 1. The summed E-state index contributed by atoms with van der Waals surface area (Å²) >= 11 is 0. The first-order valence-electron chi connectivity index (χ1n) is 5.98. The molecule has 1 aliphatic heterocycles. The molecule has 0 spiro atoms. The molecule has 1 atom stereocenters. The van der Waals surface area contributed by atoms with Crippen LogP contribution in [0, 0.1) is 17.6 Å². The second-order valence-electron chi connectivity index (χ2n) is 4.53. The molecule has 3 rings (SSSR count). The monoisotopic (exact) mass is 255 g/mol. The van der Waals surface area contributed by atoms with Gasteiger partial charge in [0, 0.05) is 11.6 Å². The lowest BCUT2D eigenvalue weighted by molar-refractivity contribution is 0.338. The second-order valence-corrected chi connectivity index (χ2v) is 4.53. The van der Waals surface area contributed by atoms with Gasteiger partial charge in [-0.1, -0.05) is 12.5 Å².